The van der Waals surface area contributed by atoms with Crippen LogP contribution in [0, 0.1) is 6.92 Å². The van der Waals surface area contributed by atoms with Crippen molar-refractivity contribution in [2.75, 3.05) is 7.11 Å². The molecular weight excluding hydrogens is 250 g/mol. The maximum atomic E-state index is 5.12. The van der Waals surface area contributed by atoms with Crippen molar-refractivity contribution in [1.29, 1.82) is 0 Å². The van der Waals surface area contributed by atoms with E-state index < -0.39 is 0 Å². The van der Waals surface area contributed by atoms with E-state index in [9.17, 15) is 0 Å². The minimum atomic E-state index is 0.792. The lowest BCUT2D eigenvalue weighted by atomic mass is 10.2. The molecule has 0 N–H and O–H groups in total. The van der Waals surface area contributed by atoms with E-state index in [0.717, 1.165) is 21.5 Å². The maximum absolute atomic E-state index is 5.12. The quantitative estimate of drug-likeness (QED) is 0.598. The van der Waals surface area contributed by atoms with E-state index >= 15 is 0 Å². The summed E-state index contributed by atoms with van der Waals surface area (Å²) in [6, 6.07) is 3.75. The van der Waals surface area contributed by atoms with Gasteiger partial charge in [0.15, 0.2) is 0 Å². The summed E-state index contributed by atoms with van der Waals surface area (Å²) >= 11 is 7.90. The van der Waals surface area contributed by atoms with Gasteiger partial charge in [-0.15, -0.1) is 0 Å². The summed E-state index contributed by atoms with van der Waals surface area (Å²) in [7, 11) is 1.63. The first-order valence-electron chi connectivity index (χ1n) is 3.61. The van der Waals surface area contributed by atoms with Crippen LogP contribution >= 0.6 is 28.1 Å². The first-order valence-corrected chi connectivity index (χ1v) is 4.81. The predicted octanol–water partition coefficient (Wildman–Crippen LogP) is 3.50. The van der Waals surface area contributed by atoms with Crippen LogP contribution in [0.25, 0.3) is 0 Å². The molecule has 1 rings (SSSR count). The van der Waals surface area contributed by atoms with E-state index in [1.807, 2.05) is 19.1 Å². The Morgan fingerprint density at radius 2 is 2.23 bits per heavy atom. The van der Waals surface area contributed by atoms with Crippen molar-refractivity contribution in [3.05, 3.63) is 22.2 Å². The Labute approximate surface area is 90.8 Å². The molecule has 0 amide bonds. The summed E-state index contributed by atoms with van der Waals surface area (Å²) in [5, 5.41) is 2.34. The Hall–Kier alpha value is -0.700. The lowest BCUT2D eigenvalue weighted by molar-refractivity contribution is 0.412. The van der Waals surface area contributed by atoms with Crippen LogP contribution in [0.5, 0.6) is 5.75 Å². The van der Waals surface area contributed by atoms with Gasteiger partial charge >= 0.3 is 0 Å². The number of ether oxygens (including phenoxy) is 1. The zero-order valence-corrected chi connectivity index (χ0v) is 9.70. The molecule has 0 aliphatic carbocycles. The molecule has 0 atom stereocenters. The van der Waals surface area contributed by atoms with E-state index in [0.29, 0.717) is 0 Å². The summed E-state index contributed by atoms with van der Waals surface area (Å²) in [4.78, 5) is 3.92. The molecule has 1 aromatic rings. The van der Waals surface area contributed by atoms with Gasteiger partial charge in [0.05, 0.1) is 22.4 Å². The lowest BCUT2D eigenvalue weighted by Crippen LogP contribution is -1.85. The van der Waals surface area contributed by atoms with Gasteiger partial charge in [-0.2, -0.15) is 4.99 Å². The van der Waals surface area contributed by atoms with Crippen LogP contribution in [0.4, 0.5) is 5.69 Å². The minimum Gasteiger partial charge on any atom is -0.496 e. The van der Waals surface area contributed by atoms with Crippen molar-refractivity contribution in [2.24, 2.45) is 4.99 Å². The highest BCUT2D eigenvalue weighted by atomic mass is 79.9. The van der Waals surface area contributed by atoms with Crippen molar-refractivity contribution >= 4 is 39.0 Å². The number of hydrogen-bond acceptors (Lipinski definition) is 3. The molecule has 0 aliphatic rings. The summed E-state index contributed by atoms with van der Waals surface area (Å²) in [5.41, 5.74) is 1.82. The average Bonchev–Trinajstić information content (AvgIpc) is 2.11. The first kappa shape index (κ1) is 10.4. The summed E-state index contributed by atoms with van der Waals surface area (Å²) in [6.45, 7) is 1.94. The molecule has 0 bridgehead atoms. The number of isothiocyanates is 1. The third-order valence-electron chi connectivity index (χ3n) is 1.64. The third kappa shape index (κ3) is 2.37. The van der Waals surface area contributed by atoms with E-state index in [4.69, 9.17) is 4.74 Å². The number of aryl methyl sites for hydroxylation is 1. The molecule has 0 aliphatic heterocycles. The number of halogens is 1. The summed E-state index contributed by atoms with van der Waals surface area (Å²) in [5.74, 6) is 0.792. The highest BCUT2D eigenvalue weighted by Crippen LogP contribution is 2.32. The molecule has 1 aromatic carbocycles. The molecule has 0 aromatic heterocycles. The summed E-state index contributed by atoms with van der Waals surface area (Å²) in [6.07, 6.45) is 0. The molecular formula is C9H8BrNOS. The Bertz CT molecular complexity index is 372. The van der Waals surface area contributed by atoms with Crippen LogP contribution in [0.3, 0.4) is 0 Å². The van der Waals surface area contributed by atoms with Gasteiger partial charge in [0, 0.05) is 0 Å². The zero-order chi connectivity index (χ0) is 9.84. The molecule has 0 saturated heterocycles. The molecule has 0 fully saturated rings. The topological polar surface area (TPSA) is 21.6 Å². The lowest BCUT2D eigenvalue weighted by Gasteiger charge is -2.05. The largest absolute Gasteiger partial charge is 0.496 e. The number of hydrogen-bond donors (Lipinski definition) is 0. The fourth-order valence-corrected chi connectivity index (χ4v) is 1.56. The second kappa shape index (κ2) is 4.51. The number of benzene rings is 1. The monoisotopic (exact) mass is 257 g/mol. The highest BCUT2D eigenvalue weighted by molar-refractivity contribution is 9.10. The van der Waals surface area contributed by atoms with Crippen LogP contribution in [-0.4, -0.2) is 12.3 Å². The number of aliphatic imine (C=N–C) groups is 1. The fraction of sp³-hybridized carbons (Fsp3) is 0.222. The van der Waals surface area contributed by atoms with Crippen molar-refractivity contribution < 1.29 is 4.74 Å². The molecule has 0 unspecified atom stereocenters. The van der Waals surface area contributed by atoms with Crippen LogP contribution < -0.4 is 4.74 Å². The van der Waals surface area contributed by atoms with E-state index in [1.165, 1.54) is 0 Å². The van der Waals surface area contributed by atoms with E-state index in [1.54, 1.807) is 7.11 Å². The molecule has 4 heteroatoms. The highest BCUT2D eigenvalue weighted by Gasteiger charge is 2.04. The molecule has 0 heterocycles. The zero-order valence-electron chi connectivity index (χ0n) is 7.30. The molecule has 2 nitrogen and oxygen atoms in total. The molecule has 0 saturated carbocycles. The molecule has 0 spiro atoms. The van der Waals surface area contributed by atoms with Gasteiger partial charge in [-0.25, -0.2) is 0 Å². The van der Waals surface area contributed by atoms with Crippen molar-refractivity contribution in [3.63, 3.8) is 0 Å². The maximum Gasteiger partial charge on any atom is 0.133 e. The van der Waals surface area contributed by atoms with Crippen LogP contribution in [-0.2, 0) is 0 Å². The average molecular weight is 258 g/mol. The standard InChI is InChI=1S/C9H8BrNOS/c1-6-3-9(12-2)7(10)4-8(6)11-5-13/h3-4H,1-2H3. The van der Waals surface area contributed by atoms with E-state index in [-0.39, 0.29) is 0 Å². The second-order valence-electron chi connectivity index (χ2n) is 2.48. The number of methoxy groups -OCH3 is 1. The third-order valence-corrected chi connectivity index (χ3v) is 2.35. The van der Waals surface area contributed by atoms with Crippen molar-refractivity contribution in [1.82, 2.24) is 0 Å². The van der Waals surface area contributed by atoms with Gasteiger partial charge in [0.2, 0.25) is 0 Å². The van der Waals surface area contributed by atoms with Gasteiger partial charge in [-0.3, -0.25) is 0 Å². The molecule has 0 radical (unpaired) electrons. The summed E-state index contributed by atoms with van der Waals surface area (Å²) < 4.78 is 5.99. The van der Waals surface area contributed by atoms with Gasteiger partial charge < -0.3 is 4.74 Å². The SMILES string of the molecule is COc1cc(C)c(N=C=S)cc1Br. The van der Waals surface area contributed by atoms with Gasteiger partial charge in [0.1, 0.15) is 5.75 Å². The second-order valence-corrected chi connectivity index (χ2v) is 3.51. The predicted molar refractivity (Wildman–Crippen MR) is 60.1 cm³/mol. The Balaban J connectivity index is 3.27. The Morgan fingerprint density at radius 1 is 1.54 bits per heavy atom. The van der Waals surface area contributed by atoms with Crippen LogP contribution in [0.2, 0.25) is 0 Å². The Morgan fingerprint density at radius 3 is 2.77 bits per heavy atom. The normalized spacial score (nSPS) is 9.15. The number of rotatable bonds is 2. The van der Waals surface area contributed by atoms with Gasteiger partial charge in [-0.1, -0.05) is 0 Å². The van der Waals surface area contributed by atoms with Crippen molar-refractivity contribution in [3.8, 4) is 5.75 Å². The molecule has 68 valence electrons. The Kier molecular flexibility index (Phi) is 3.60. The molecule has 13 heavy (non-hydrogen) atoms. The first-order chi connectivity index (χ1) is 6.19. The fourth-order valence-electron chi connectivity index (χ4n) is 0.971. The number of thiocarbonyl (C=S) groups is 1. The van der Waals surface area contributed by atoms with E-state index in [2.05, 4.69) is 38.3 Å². The van der Waals surface area contributed by atoms with Crippen molar-refractivity contribution in [2.45, 2.75) is 6.92 Å². The smallest absolute Gasteiger partial charge is 0.133 e. The van der Waals surface area contributed by atoms with Crippen LogP contribution in [0.15, 0.2) is 21.6 Å². The van der Waals surface area contributed by atoms with Crippen LogP contribution in [0.1, 0.15) is 5.56 Å². The van der Waals surface area contributed by atoms with Gasteiger partial charge in [-0.05, 0) is 52.8 Å². The van der Waals surface area contributed by atoms with Gasteiger partial charge in [0.25, 0.3) is 0 Å². The minimum absolute atomic E-state index is 0.792. The number of nitrogens with zero attached hydrogens (tertiary/aromatic N) is 1.